The molecule has 0 spiro atoms. The number of hydrogen-bond acceptors (Lipinski definition) is 4. The van der Waals surface area contributed by atoms with E-state index >= 15 is 0 Å². The first-order valence-corrected chi connectivity index (χ1v) is 6.18. The highest BCUT2D eigenvalue weighted by molar-refractivity contribution is 5.91. The molecule has 0 radical (unpaired) electrons. The molecule has 1 aromatic heterocycles. The average Bonchev–Trinajstić information content (AvgIpc) is 2.82. The van der Waals surface area contributed by atoms with E-state index in [0.29, 0.717) is 18.1 Å². The van der Waals surface area contributed by atoms with Crippen molar-refractivity contribution in [1.29, 1.82) is 0 Å². The fourth-order valence-electron chi connectivity index (χ4n) is 1.44. The van der Waals surface area contributed by atoms with Crippen LogP contribution in [-0.2, 0) is 0 Å². The maximum atomic E-state index is 11.6. The topological polar surface area (TPSA) is 81.1 Å². The molecular weight excluding hydrogens is 218 g/mol. The maximum Gasteiger partial charge on any atom is 0.273 e. The minimum absolute atomic E-state index is 0.204. The van der Waals surface area contributed by atoms with E-state index in [1.165, 1.54) is 6.26 Å². The van der Waals surface area contributed by atoms with Crippen LogP contribution >= 0.6 is 0 Å². The fraction of sp³-hybridized carbons (Fsp3) is 0.667. The molecule has 17 heavy (non-hydrogen) atoms. The Morgan fingerprint density at radius 1 is 1.53 bits per heavy atom. The lowest BCUT2D eigenvalue weighted by atomic mass is 10.1. The lowest BCUT2D eigenvalue weighted by Crippen LogP contribution is -2.24. The number of amides is 1. The number of unbranched alkanes of at least 4 members (excludes halogenated alkanes) is 1. The van der Waals surface area contributed by atoms with Gasteiger partial charge in [0.25, 0.3) is 5.91 Å². The van der Waals surface area contributed by atoms with E-state index in [9.17, 15) is 4.79 Å². The molecule has 0 aliphatic heterocycles. The van der Waals surface area contributed by atoms with Crippen molar-refractivity contribution in [3.63, 3.8) is 0 Å². The van der Waals surface area contributed by atoms with Gasteiger partial charge in [0.15, 0.2) is 5.69 Å². The molecule has 1 atom stereocenters. The molecule has 0 saturated carbocycles. The molecule has 3 N–H and O–H groups in total. The number of nitrogens with zero attached hydrogens (tertiary/aromatic N) is 1. The highest BCUT2D eigenvalue weighted by Crippen LogP contribution is 2.16. The Hall–Kier alpha value is -1.36. The summed E-state index contributed by atoms with van der Waals surface area (Å²) in [6.45, 7) is 4.74. The molecular formula is C12H21N3O2. The molecule has 0 saturated heterocycles. The van der Waals surface area contributed by atoms with Gasteiger partial charge in [-0.2, -0.15) is 0 Å². The van der Waals surface area contributed by atoms with Crippen molar-refractivity contribution < 1.29 is 9.21 Å². The van der Waals surface area contributed by atoms with Crippen molar-refractivity contribution in [1.82, 2.24) is 10.3 Å². The van der Waals surface area contributed by atoms with Gasteiger partial charge < -0.3 is 15.5 Å². The summed E-state index contributed by atoms with van der Waals surface area (Å²) in [7, 11) is 0. The van der Waals surface area contributed by atoms with Gasteiger partial charge in [0.2, 0.25) is 5.89 Å². The summed E-state index contributed by atoms with van der Waals surface area (Å²) in [5, 5.41) is 2.74. The van der Waals surface area contributed by atoms with Crippen molar-refractivity contribution in [3.05, 3.63) is 17.8 Å². The van der Waals surface area contributed by atoms with Crippen LogP contribution in [0.25, 0.3) is 0 Å². The van der Waals surface area contributed by atoms with Gasteiger partial charge in [-0.25, -0.2) is 4.98 Å². The molecule has 5 nitrogen and oxygen atoms in total. The van der Waals surface area contributed by atoms with Gasteiger partial charge in [-0.05, 0) is 12.8 Å². The Labute approximate surface area is 102 Å². The number of nitrogens with one attached hydrogen (secondary N) is 1. The summed E-state index contributed by atoms with van der Waals surface area (Å²) in [6, 6.07) is -0.220. The molecule has 1 rings (SSSR count). The first-order chi connectivity index (χ1) is 8.19. The summed E-state index contributed by atoms with van der Waals surface area (Å²) in [5.41, 5.74) is 6.21. The fourth-order valence-corrected chi connectivity index (χ4v) is 1.44. The lowest BCUT2D eigenvalue weighted by Gasteiger charge is -2.05. The number of aromatic nitrogens is 1. The van der Waals surface area contributed by atoms with E-state index in [4.69, 9.17) is 10.2 Å². The zero-order valence-electron chi connectivity index (χ0n) is 10.5. The van der Waals surface area contributed by atoms with Crippen molar-refractivity contribution in [2.24, 2.45) is 5.73 Å². The van der Waals surface area contributed by atoms with E-state index in [1.54, 1.807) is 0 Å². The van der Waals surface area contributed by atoms with Gasteiger partial charge in [0.1, 0.15) is 6.26 Å². The van der Waals surface area contributed by atoms with Crippen LogP contribution in [0.5, 0.6) is 0 Å². The number of rotatable bonds is 7. The second-order valence-electron chi connectivity index (χ2n) is 4.08. The highest BCUT2D eigenvalue weighted by Gasteiger charge is 2.16. The SMILES string of the molecule is CCCCC(N)c1nc(C(=O)NCCC)co1. The van der Waals surface area contributed by atoms with Gasteiger partial charge in [0.05, 0.1) is 6.04 Å². The van der Waals surface area contributed by atoms with Gasteiger partial charge in [-0.15, -0.1) is 0 Å². The molecule has 0 aliphatic rings. The largest absolute Gasteiger partial charge is 0.446 e. The summed E-state index contributed by atoms with van der Waals surface area (Å²) >= 11 is 0. The Bertz CT molecular complexity index is 349. The van der Waals surface area contributed by atoms with E-state index in [0.717, 1.165) is 25.7 Å². The molecule has 0 aliphatic carbocycles. The quantitative estimate of drug-likeness (QED) is 0.762. The average molecular weight is 239 g/mol. The van der Waals surface area contributed by atoms with Crippen LogP contribution in [0.2, 0.25) is 0 Å². The summed E-state index contributed by atoms with van der Waals surface area (Å²) < 4.78 is 5.23. The van der Waals surface area contributed by atoms with Crippen LogP contribution < -0.4 is 11.1 Å². The van der Waals surface area contributed by atoms with Crippen LogP contribution in [-0.4, -0.2) is 17.4 Å². The molecule has 0 bridgehead atoms. The van der Waals surface area contributed by atoms with E-state index in [1.807, 2.05) is 6.92 Å². The Morgan fingerprint density at radius 2 is 2.29 bits per heavy atom. The van der Waals surface area contributed by atoms with Crippen molar-refractivity contribution in [3.8, 4) is 0 Å². The van der Waals surface area contributed by atoms with E-state index in [-0.39, 0.29) is 11.9 Å². The molecule has 0 aromatic carbocycles. The minimum atomic E-state index is -0.220. The number of carbonyl (C=O) groups excluding carboxylic acids is 1. The number of nitrogens with two attached hydrogens (primary N) is 1. The smallest absolute Gasteiger partial charge is 0.273 e. The van der Waals surface area contributed by atoms with Gasteiger partial charge >= 0.3 is 0 Å². The normalized spacial score (nSPS) is 12.4. The Morgan fingerprint density at radius 3 is 2.94 bits per heavy atom. The van der Waals surface area contributed by atoms with Gasteiger partial charge in [-0.3, -0.25) is 4.79 Å². The predicted octanol–water partition coefficient (Wildman–Crippen LogP) is 2.00. The Balaban J connectivity index is 2.54. The molecule has 1 heterocycles. The van der Waals surface area contributed by atoms with Crippen LogP contribution in [0, 0.1) is 0 Å². The summed E-state index contributed by atoms with van der Waals surface area (Å²) in [4.78, 5) is 15.7. The standard InChI is InChI=1S/C12H21N3O2/c1-3-5-6-9(13)12-15-10(8-17-12)11(16)14-7-4-2/h8-9H,3-7,13H2,1-2H3,(H,14,16). The molecule has 1 aromatic rings. The van der Waals surface area contributed by atoms with Crippen molar-refractivity contribution in [2.45, 2.75) is 45.6 Å². The number of carbonyl (C=O) groups is 1. The van der Waals surface area contributed by atoms with Crippen LogP contribution in [0.1, 0.15) is 62.0 Å². The molecule has 1 amide bonds. The second kappa shape index (κ2) is 7.06. The van der Waals surface area contributed by atoms with E-state index in [2.05, 4.69) is 17.2 Å². The third kappa shape index (κ3) is 4.19. The zero-order chi connectivity index (χ0) is 12.7. The van der Waals surface area contributed by atoms with Crippen LogP contribution in [0.15, 0.2) is 10.7 Å². The third-order valence-electron chi connectivity index (χ3n) is 2.48. The summed E-state index contributed by atoms with van der Waals surface area (Å²) in [5.74, 6) is 0.240. The number of oxazole rings is 1. The third-order valence-corrected chi connectivity index (χ3v) is 2.48. The molecule has 5 heteroatoms. The molecule has 96 valence electrons. The van der Waals surface area contributed by atoms with E-state index < -0.39 is 0 Å². The summed E-state index contributed by atoms with van der Waals surface area (Å²) in [6.07, 6.45) is 5.20. The first kappa shape index (κ1) is 13.7. The lowest BCUT2D eigenvalue weighted by molar-refractivity contribution is 0.0948. The van der Waals surface area contributed by atoms with Crippen molar-refractivity contribution in [2.75, 3.05) is 6.54 Å². The van der Waals surface area contributed by atoms with Crippen LogP contribution in [0.4, 0.5) is 0 Å². The van der Waals surface area contributed by atoms with Gasteiger partial charge in [-0.1, -0.05) is 26.7 Å². The predicted molar refractivity (Wildman–Crippen MR) is 65.6 cm³/mol. The maximum absolute atomic E-state index is 11.6. The van der Waals surface area contributed by atoms with Gasteiger partial charge in [0, 0.05) is 6.54 Å². The molecule has 0 fully saturated rings. The zero-order valence-corrected chi connectivity index (χ0v) is 10.5. The number of hydrogen-bond donors (Lipinski definition) is 2. The van der Waals surface area contributed by atoms with Crippen LogP contribution in [0.3, 0.4) is 0 Å². The first-order valence-electron chi connectivity index (χ1n) is 6.18. The highest BCUT2D eigenvalue weighted by atomic mass is 16.3. The molecule has 1 unspecified atom stereocenters. The second-order valence-corrected chi connectivity index (χ2v) is 4.08. The minimum Gasteiger partial charge on any atom is -0.446 e. The van der Waals surface area contributed by atoms with Crippen molar-refractivity contribution >= 4 is 5.91 Å². The Kier molecular flexibility index (Phi) is 5.69. The monoisotopic (exact) mass is 239 g/mol.